The van der Waals surface area contributed by atoms with E-state index in [4.69, 9.17) is 4.74 Å². The van der Waals surface area contributed by atoms with Gasteiger partial charge in [-0.25, -0.2) is 9.78 Å². The van der Waals surface area contributed by atoms with Gasteiger partial charge in [0, 0.05) is 11.1 Å². The van der Waals surface area contributed by atoms with E-state index in [0.717, 1.165) is 0 Å². The number of hydrogen-bond donors (Lipinski definition) is 1. The predicted octanol–water partition coefficient (Wildman–Crippen LogP) is 4.07. The molecular formula is C24H18N2O4. The summed E-state index contributed by atoms with van der Waals surface area (Å²) in [6, 6.07) is 22.1. The number of nitrogens with zero attached hydrogens (tertiary/aromatic N) is 1. The number of carbonyl (C=O) groups excluding carboxylic acids is 2. The highest BCUT2D eigenvalue weighted by atomic mass is 16.5. The van der Waals surface area contributed by atoms with Crippen LogP contribution in [0.3, 0.4) is 0 Å². The Morgan fingerprint density at radius 1 is 0.833 bits per heavy atom. The molecule has 0 fully saturated rings. The number of ether oxygens (including phenoxy) is 1. The van der Waals surface area contributed by atoms with Gasteiger partial charge in [-0.05, 0) is 31.2 Å². The number of rotatable bonds is 5. The number of fused-ring (bicyclic) bond motifs is 1. The molecule has 0 radical (unpaired) electrons. The van der Waals surface area contributed by atoms with Crippen LogP contribution in [0.25, 0.3) is 10.9 Å². The Hall–Kier alpha value is -4.06. The smallest absolute Gasteiger partial charge is 0.338 e. The van der Waals surface area contributed by atoms with E-state index in [0.29, 0.717) is 27.6 Å². The highest BCUT2D eigenvalue weighted by molar-refractivity contribution is 6.09. The maximum Gasteiger partial charge on any atom is 0.338 e. The van der Waals surface area contributed by atoms with Crippen molar-refractivity contribution in [3.05, 3.63) is 112 Å². The van der Waals surface area contributed by atoms with Crippen molar-refractivity contribution in [3.8, 4) is 0 Å². The van der Waals surface area contributed by atoms with Gasteiger partial charge < -0.3 is 9.72 Å². The van der Waals surface area contributed by atoms with Gasteiger partial charge in [0.05, 0.1) is 16.5 Å². The Kier molecular flexibility index (Phi) is 5.22. The van der Waals surface area contributed by atoms with Crippen molar-refractivity contribution < 1.29 is 14.3 Å². The molecule has 6 heteroatoms. The van der Waals surface area contributed by atoms with Gasteiger partial charge >= 0.3 is 5.97 Å². The molecule has 148 valence electrons. The van der Waals surface area contributed by atoms with Crippen LogP contribution in [0, 0.1) is 0 Å². The topological polar surface area (TPSA) is 89.1 Å². The first-order chi connectivity index (χ1) is 14.5. The fourth-order valence-electron chi connectivity index (χ4n) is 3.10. The molecule has 1 heterocycles. The van der Waals surface area contributed by atoms with Crippen LogP contribution < -0.4 is 5.56 Å². The number of benzene rings is 3. The third-order valence-electron chi connectivity index (χ3n) is 4.72. The fourth-order valence-corrected chi connectivity index (χ4v) is 3.10. The molecule has 0 aliphatic heterocycles. The predicted molar refractivity (Wildman–Crippen MR) is 113 cm³/mol. The lowest BCUT2D eigenvalue weighted by Gasteiger charge is -2.13. The van der Waals surface area contributed by atoms with Gasteiger partial charge in [-0.1, -0.05) is 54.6 Å². The van der Waals surface area contributed by atoms with Gasteiger partial charge in [0.25, 0.3) is 5.56 Å². The van der Waals surface area contributed by atoms with Crippen LogP contribution >= 0.6 is 0 Å². The molecule has 0 amide bonds. The molecule has 3 aromatic carbocycles. The minimum absolute atomic E-state index is 0.123. The van der Waals surface area contributed by atoms with Crippen LogP contribution in [0.4, 0.5) is 0 Å². The molecular weight excluding hydrogens is 380 g/mol. The first-order valence-electron chi connectivity index (χ1n) is 9.42. The van der Waals surface area contributed by atoms with E-state index < -0.39 is 12.1 Å². The van der Waals surface area contributed by atoms with Crippen molar-refractivity contribution in [2.75, 3.05) is 0 Å². The normalized spacial score (nSPS) is 11.8. The number of H-pyrrole nitrogens is 1. The van der Waals surface area contributed by atoms with Gasteiger partial charge in [-0.3, -0.25) is 9.59 Å². The molecule has 0 saturated carbocycles. The van der Waals surface area contributed by atoms with Gasteiger partial charge in [0.1, 0.15) is 0 Å². The highest BCUT2D eigenvalue weighted by Crippen LogP contribution is 2.17. The second kappa shape index (κ2) is 8.13. The van der Waals surface area contributed by atoms with Crippen molar-refractivity contribution in [3.63, 3.8) is 0 Å². The van der Waals surface area contributed by atoms with Crippen molar-refractivity contribution in [1.82, 2.24) is 9.97 Å². The maximum atomic E-state index is 12.5. The number of hydrogen-bond acceptors (Lipinski definition) is 5. The Bertz CT molecular complexity index is 1280. The average Bonchev–Trinajstić information content (AvgIpc) is 2.79. The molecule has 0 aliphatic carbocycles. The summed E-state index contributed by atoms with van der Waals surface area (Å²) in [4.78, 5) is 44.2. The third kappa shape index (κ3) is 3.89. The Balaban J connectivity index is 1.50. The van der Waals surface area contributed by atoms with E-state index in [9.17, 15) is 14.4 Å². The number of nitrogens with one attached hydrogen (secondary N) is 1. The van der Waals surface area contributed by atoms with E-state index in [1.54, 1.807) is 79.7 Å². The molecule has 1 N–H and O–H groups in total. The Morgan fingerprint density at radius 3 is 2.17 bits per heavy atom. The fraction of sp³-hybridized carbons (Fsp3) is 0.0833. The summed E-state index contributed by atoms with van der Waals surface area (Å²) in [6.07, 6.45) is -0.750. The standard InChI is InChI=1S/C24H18N2O4/c1-15(22-25-20-10-6-5-9-19(20)23(28)26-22)30-24(29)18-13-11-17(12-14-18)21(27)16-7-3-2-4-8-16/h2-15H,1H3,(H,25,26,28)/t15-/m1/s1. The zero-order valence-electron chi connectivity index (χ0n) is 16.2. The summed E-state index contributed by atoms with van der Waals surface area (Å²) in [5, 5.41) is 0.471. The molecule has 4 rings (SSSR count). The lowest BCUT2D eigenvalue weighted by atomic mass is 10.0. The number of para-hydroxylation sites is 1. The van der Waals surface area contributed by atoms with Gasteiger partial charge in [-0.15, -0.1) is 0 Å². The zero-order valence-corrected chi connectivity index (χ0v) is 16.2. The molecule has 30 heavy (non-hydrogen) atoms. The molecule has 0 spiro atoms. The van der Waals surface area contributed by atoms with Crippen LogP contribution in [0.5, 0.6) is 0 Å². The van der Waals surface area contributed by atoms with Crippen LogP contribution in [0.15, 0.2) is 83.7 Å². The van der Waals surface area contributed by atoms with Gasteiger partial charge in [-0.2, -0.15) is 0 Å². The monoisotopic (exact) mass is 398 g/mol. The van der Waals surface area contributed by atoms with E-state index >= 15 is 0 Å². The lowest BCUT2D eigenvalue weighted by Crippen LogP contribution is -2.17. The largest absolute Gasteiger partial charge is 0.451 e. The molecule has 4 aromatic rings. The molecule has 1 atom stereocenters. The summed E-state index contributed by atoms with van der Waals surface area (Å²) >= 11 is 0. The van der Waals surface area contributed by atoms with Gasteiger partial charge in [0.2, 0.25) is 0 Å². The van der Waals surface area contributed by atoms with Crippen molar-refractivity contribution in [1.29, 1.82) is 0 Å². The van der Waals surface area contributed by atoms with Crippen LogP contribution in [0.2, 0.25) is 0 Å². The van der Waals surface area contributed by atoms with Crippen molar-refractivity contribution >= 4 is 22.7 Å². The Labute approximate surface area is 172 Å². The number of aromatic amines is 1. The minimum Gasteiger partial charge on any atom is -0.451 e. The Morgan fingerprint density at radius 2 is 1.43 bits per heavy atom. The number of esters is 1. The first kappa shape index (κ1) is 19.3. The lowest BCUT2D eigenvalue weighted by molar-refractivity contribution is 0.0320. The van der Waals surface area contributed by atoms with Crippen LogP contribution in [0.1, 0.15) is 45.1 Å². The molecule has 6 nitrogen and oxygen atoms in total. The van der Waals surface area contributed by atoms with Crippen molar-refractivity contribution in [2.45, 2.75) is 13.0 Å². The van der Waals surface area contributed by atoms with E-state index in [1.807, 2.05) is 6.07 Å². The van der Waals surface area contributed by atoms with E-state index in [1.165, 1.54) is 0 Å². The van der Waals surface area contributed by atoms with Crippen LogP contribution in [-0.2, 0) is 4.74 Å². The summed E-state index contributed by atoms with van der Waals surface area (Å²) in [7, 11) is 0. The first-order valence-corrected chi connectivity index (χ1v) is 9.42. The summed E-state index contributed by atoms with van der Waals surface area (Å²) < 4.78 is 5.45. The highest BCUT2D eigenvalue weighted by Gasteiger charge is 2.17. The quantitative estimate of drug-likeness (QED) is 0.404. The SMILES string of the molecule is C[C@@H](OC(=O)c1ccc(C(=O)c2ccccc2)cc1)c1nc2ccccc2c(=O)[nH]1. The molecule has 1 aromatic heterocycles. The van der Waals surface area contributed by atoms with E-state index in [-0.39, 0.29) is 17.2 Å². The maximum absolute atomic E-state index is 12.5. The summed E-state index contributed by atoms with van der Waals surface area (Å²) in [6.45, 7) is 1.64. The second-order valence-corrected chi connectivity index (χ2v) is 6.79. The summed E-state index contributed by atoms with van der Waals surface area (Å²) in [5.74, 6) is -0.429. The number of aromatic nitrogens is 2. The van der Waals surface area contributed by atoms with E-state index in [2.05, 4.69) is 9.97 Å². The molecule has 0 bridgehead atoms. The minimum atomic E-state index is -0.750. The third-order valence-corrected chi connectivity index (χ3v) is 4.72. The number of carbonyl (C=O) groups is 2. The molecule has 0 unspecified atom stereocenters. The second-order valence-electron chi connectivity index (χ2n) is 6.79. The zero-order chi connectivity index (χ0) is 21.1. The van der Waals surface area contributed by atoms with Crippen LogP contribution in [-0.4, -0.2) is 21.7 Å². The average molecular weight is 398 g/mol. The molecule has 0 aliphatic rings. The molecule has 0 saturated heterocycles. The van der Waals surface area contributed by atoms with Crippen molar-refractivity contribution in [2.24, 2.45) is 0 Å². The number of ketones is 1. The summed E-state index contributed by atoms with van der Waals surface area (Å²) in [5.41, 5.74) is 1.60. The van der Waals surface area contributed by atoms with Gasteiger partial charge in [0.15, 0.2) is 17.7 Å².